The van der Waals surface area contributed by atoms with E-state index in [9.17, 15) is 9.59 Å². The number of allylic oxidation sites excluding steroid dienone is 2. The second-order valence-corrected chi connectivity index (χ2v) is 7.98. The fraction of sp³-hybridized carbons (Fsp3) is 0.238. The van der Waals surface area contributed by atoms with Crippen molar-refractivity contribution in [2.24, 2.45) is 23.7 Å². The molecular formula is C21H16BrNO3. The van der Waals surface area contributed by atoms with Crippen molar-refractivity contribution in [3.8, 4) is 11.5 Å². The number of benzene rings is 2. The molecule has 5 heteroatoms. The summed E-state index contributed by atoms with van der Waals surface area (Å²) in [5, 5.41) is 0. The average Bonchev–Trinajstić information content (AvgIpc) is 3.32. The number of nitrogens with zero attached hydrogens (tertiary/aromatic N) is 1. The van der Waals surface area contributed by atoms with Gasteiger partial charge in [0, 0.05) is 4.47 Å². The maximum Gasteiger partial charge on any atom is 0.238 e. The van der Waals surface area contributed by atoms with Crippen molar-refractivity contribution in [3.05, 3.63) is 65.2 Å². The molecule has 1 aliphatic heterocycles. The Morgan fingerprint density at radius 2 is 1.31 bits per heavy atom. The first-order chi connectivity index (χ1) is 12.6. The smallest absolute Gasteiger partial charge is 0.238 e. The number of hydrogen-bond donors (Lipinski definition) is 0. The van der Waals surface area contributed by atoms with Crippen LogP contribution >= 0.6 is 15.9 Å². The lowest BCUT2D eigenvalue weighted by molar-refractivity contribution is -0.123. The lowest BCUT2D eigenvalue weighted by atomic mass is 9.85. The molecule has 4 nitrogen and oxygen atoms in total. The number of carbonyl (C=O) groups is 2. The summed E-state index contributed by atoms with van der Waals surface area (Å²) in [6, 6.07) is 14.7. The average molecular weight is 410 g/mol. The van der Waals surface area contributed by atoms with Gasteiger partial charge in [0.2, 0.25) is 11.8 Å². The second kappa shape index (κ2) is 5.81. The molecule has 26 heavy (non-hydrogen) atoms. The van der Waals surface area contributed by atoms with E-state index < -0.39 is 0 Å². The minimum Gasteiger partial charge on any atom is -0.457 e. The maximum absolute atomic E-state index is 12.8. The van der Waals surface area contributed by atoms with Gasteiger partial charge in [-0.1, -0.05) is 28.1 Å². The summed E-state index contributed by atoms with van der Waals surface area (Å²) in [6.45, 7) is 0. The number of amides is 2. The highest BCUT2D eigenvalue weighted by Gasteiger charge is 2.59. The zero-order valence-electron chi connectivity index (χ0n) is 13.8. The van der Waals surface area contributed by atoms with Crippen LogP contribution in [-0.2, 0) is 9.59 Å². The minimum atomic E-state index is -0.170. The highest BCUT2D eigenvalue weighted by atomic mass is 79.9. The molecule has 1 heterocycles. The van der Waals surface area contributed by atoms with Gasteiger partial charge in [0.15, 0.2) is 0 Å². The molecule has 1 saturated heterocycles. The van der Waals surface area contributed by atoms with Crippen molar-refractivity contribution in [2.75, 3.05) is 4.90 Å². The van der Waals surface area contributed by atoms with Gasteiger partial charge in [0.25, 0.3) is 0 Å². The van der Waals surface area contributed by atoms with Gasteiger partial charge in [-0.3, -0.25) is 14.5 Å². The third-order valence-electron chi connectivity index (χ3n) is 5.61. The molecule has 2 bridgehead atoms. The fourth-order valence-corrected chi connectivity index (χ4v) is 4.72. The second-order valence-electron chi connectivity index (χ2n) is 7.06. The van der Waals surface area contributed by atoms with Crippen molar-refractivity contribution in [3.63, 3.8) is 0 Å². The summed E-state index contributed by atoms with van der Waals surface area (Å²) in [4.78, 5) is 27.0. The Balaban J connectivity index is 1.37. The van der Waals surface area contributed by atoms with E-state index in [1.54, 1.807) is 24.3 Å². The molecule has 2 amide bonds. The van der Waals surface area contributed by atoms with E-state index in [0.29, 0.717) is 11.4 Å². The van der Waals surface area contributed by atoms with E-state index in [0.717, 1.165) is 16.6 Å². The fourth-order valence-electron chi connectivity index (χ4n) is 4.46. The molecule has 2 fully saturated rings. The number of carbonyl (C=O) groups excluding carboxylic acids is 2. The number of ether oxygens (including phenoxy) is 1. The Morgan fingerprint density at radius 3 is 1.85 bits per heavy atom. The molecule has 4 atom stereocenters. The molecule has 0 spiro atoms. The largest absolute Gasteiger partial charge is 0.457 e. The van der Waals surface area contributed by atoms with Crippen LogP contribution in [-0.4, -0.2) is 11.8 Å². The molecule has 2 aliphatic carbocycles. The van der Waals surface area contributed by atoms with Crippen molar-refractivity contribution in [2.45, 2.75) is 6.42 Å². The van der Waals surface area contributed by atoms with Crippen LogP contribution in [0.4, 0.5) is 5.69 Å². The van der Waals surface area contributed by atoms with Crippen LogP contribution < -0.4 is 9.64 Å². The summed E-state index contributed by atoms with van der Waals surface area (Å²) < 4.78 is 6.79. The number of halogens is 1. The van der Waals surface area contributed by atoms with E-state index in [2.05, 4.69) is 28.1 Å². The number of fused-ring (bicyclic) bond motifs is 5. The highest BCUT2D eigenvalue weighted by molar-refractivity contribution is 9.10. The van der Waals surface area contributed by atoms with Gasteiger partial charge in [0.1, 0.15) is 11.5 Å². The van der Waals surface area contributed by atoms with Crippen LogP contribution in [0, 0.1) is 23.7 Å². The third kappa shape index (κ3) is 2.34. The maximum atomic E-state index is 12.8. The molecule has 5 rings (SSSR count). The molecule has 0 aromatic heterocycles. The Kier molecular flexibility index (Phi) is 3.54. The van der Waals surface area contributed by atoms with E-state index in [4.69, 9.17) is 4.74 Å². The molecule has 0 radical (unpaired) electrons. The van der Waals surface area contributed by atoms with Crippen molar-refractivity contribution in [1.82, 2.24) is 0 Å². The van der Waals surface area contributed by atoms with E-state index in [1.807, 2.05) is 24.3 Å². The van der Waals surface area contributed by atoms with E-state index >= 15 is 0 Å². The molecule has 130 valence electrons. The Morgan fingerprint density at radius 1 is 0.808 bits per heavy atom. The molecule has 2 aromatic rings. The first-order valence-corrected chi connectivity index (χ1v) is 9.51. The van der Waals surface area contributed by atoms with Gasteiger partial charge < -0.3 is 4.74 Å². The number of imide groups is 1. The van der Waals surface area contributed by atoms with Crippen molar-refractivity contribution < 1.29 is 14.3 Å². The normalized spacial score (nSPS) is 28.7. The summed E-state index contributed by atoms with van der Waals surface area (Å²) in [6.07, 6.45) is 5.16. The van der Waals surface area contributed by atoms with Crippen LogP contribution in [0.2, 0.25) is 0 Å². The van der Waals surface area contributed by atoms with Crippen molar-refractivity contribution >= 4 is 33.4 Å². The van der Waals surface area contributed by atoms with Crippen LogP contribution in [0.15, 0.2) is 65.2 Å². The van der Waals surface area contributed by atoms with Gasteiger partial charge in [-0.05, 0) is 66.8 Å². The summed E-state index contributed by atoms with van der Waals surface area (Å²) in [7, 11) is 0. The van der Waals surface area contributed by atoms with Crippen LogP contribution in [0.25, 0.3) is 0 Å². The zero-order valence-corrected chi connectivity index (χ0v) is 15.4. The summed E-state index contributed by atoms with van der Waals surface area (Å²) >= 11 is 3.39. The van der Waals surface area contributed by atoms with Gasteiger partial charge >= 0.3 is 0 Å². The topological polar surface area (TPSA) is 46.6 Å². The number of hydrogen-bond acceptors (Lipinski definition) is 3. The van der Waals surface area contributed by atoms with E-state index in [-0.39, 0.29) is 35.5 Å². The van der Waals surface area contributed by atoms with Crippen molar-refractivity contribution in [1.29, 1.82) is 0 Å². The number of anilines is 1. The predicted octanol–water partition coefficient (Wildman–Crippen LogP) is 4.55. The molecule has 1 saturated carbocycles. The Hall–Kier alpha value is -2.40. The lowest BCUT2D eigenvalue weighted by Gasteiger charge is -2.17. The summed E-state index contributed by atoms with van der Waals surface area (Å²) in [5.41, 5.74) is 0.622. The highest BCUT2D eigenvalue weighted by Crippen LogP contribution is 2.53. The van der Waals surface area contributed by atoms with Crippen LogP contribution in [0.3, 0.4) is 0 Å². The van der Waals surface area contributed by atoms with E-state index in [1.165, 1.54) is 4.90 Å². The Bertz CT molecular complexity index is 889. The quantitative estimate of drug-likeness (QED) is 0.551. The minimum absolute atomic E-state index is 0.0570. The molecule has 0 unspecified atom stereocenters. The first-order valence-electron chi connectivity index (χ1n) is 8.71. The summed E-state index contributed by atoms with van der Waals surface area (Å²) in [5.74, 6) is 1.39. The number of rotatable bonds is 3. The van der Waals surface area contributed by atoms with Crippen LogP contribution in [0.1, 0.15) is 6.42 Å². The molecule has 2 aromatic carbocycles. The van der Waals surface area contributed by atoms with Gasteiger partial charge in [-0.2, -0.15) is 0 Å². The molecule has 0 N–H and O–H groups in total. The molecule has 3 aliphatic rings. The van der Waals surface area contributed by atoms with Gasteiger partial charge in [0.05, 0.1) is 17.5 Å². The SMILES string of the molecule is O=C1[C@H]2[C@H](C(=O)N1c1ccc(Oc3ccc(Br)cc3)cc1)[C@H]1C=C[C@H]2C1. The first kappa shape index (κ1) is 15.8. The standard InChI is InChI=1S/C21H16BrNO3/c22-14-3-7-16(8-4-14)26-17-9-5-15(6-10-17)23-20(24)18-12-1-2-13(11-12)19(18)21(23)25/h1-10,12-13,18-19H,11H2/t12-,13-,18+,19+/m0/s1. The van der Waals surface area contributed by atoms with Gasteiger partial charge in [-0.25, -0.2) is 0 Å². The van der Waals surface area contributed by atoms with Gasteiger partial charge in [-0.15, -0.1) is 0 Å². The zero-order chi connectivity index (χ0) is 17.8. The lowest BCUT2D eigenvalue weighted by Crippen LogP contribution is -2.32. The predicted molar refractivity (Wildman–Crippen MR) is 101 cm³/mol. The third-order valence-corrected chi connectivity index (χ3v) is 6.14. The molecular weight excluding hydrogens is 394 g/mol. The Labute approximate surface area is 159 Å². The van der Waals surface area contributed by atoms with Crippen LogP contribution in [0.5, 0.6) is 11.5 Å². The monoisotopic (exact) mass is 409 g/mol.